The molecule has 0 aliphatic heterocycles. The number of hydrogen-bond donors (Lipinski definition) is 1. The fourth-order valence-corrected chi connectivity index (χ4v) is 2.79. The van der Waals surface area contributed by atoms with Gasteiger partial charge in [0, 0.05) is 32.9 Å². The molecule has 1 N–H and O–H groups in total. The molecule has 8 heteroatoms. The Hall–Kier alpha value is -3.29. The van der Waals surface area contributed by atoms with Crippen molar-refractivity contribution in [2.75, 3.05) is 12.4 Å². The first kappa shape index (κ1) is 16.6. The number of aryl methyl sites for hydroxylation is 2. The average Bonchev–Trinajstić information content (AvgIpc) is 2.61. The number of nitrogens with one attached hydrogen (secondary N) is 1. The van der Waals surface area contributed by atoms with Gasteiger partial charge in [-0.15, -0.1) is 0 Å². The smallest absolute Gasteiger partial charge is 0.332 e. The van der Waals surface area contributed by atoms with Crippen LogP contribution in [0.2, 0.25) is 0 Å². The highest BCUT2D eigenvalue weighted by Crippen LogP contribution is 2.23. The zero-order valence-electron chi connectivity index (χ0n) is 14.4. The van der Waals surface area contributed by atoms with Gasteiger partial charge in [0.2, 0.25) is 0 Å². The van der Waals surface area contributed by atoms with Crippen molar-refractivity contribution in [1.82, 2.24) is 13.7 Å². The van der Waals surface area contributed by atoms with Gasteiger partial charge < -0.3 is 10.1 Å². The van der Waals surface area contributed by atoms with Crippen molar-refractivity contribution >= 4 is 22.4 Å². The summed E-state index contributed by atoms with van der Waals surface area (Å²) >= 11 is 0. The normalized spacial score (nSPS) is 10.9. The van der Waals surface area contributed by atoms with Crippen LogP contribution < -0.4 is 26.9 Å². The first-order valence-corrected chi connectivity index (χ1v) is 7.56. The quantitative estimate of drug-likeness (QED) is 0.757. The lowest BCUT2D eigenvalue weighted by molar-refractivity contribution is 0.415. The van der Waals surface area contributed by atoms with Gasteiger partial charge in [-0.3, -0.25) is 23.3 Å². The Morgan fingerprint density at radius 1 is 0.920 bits per heavy atom. The van der Waals surface area contributed by atoms with Gasteiger partial charge in [0.15, 0.2) is 0 Å². The van der Waals surface area contributed by atoms with E-state index in [0.717, 1.165) is 4.57 Å². The summed E-state index contributed by atoms with van der Waals surface area (Å²) in [5.74, 6) is 0.692. The van der Waals surface area contributed by atoms with Crippen molar-refractivity contribution < 1.29 is 4.74 Å². The third-order valence-electron chi connectivity index (χ3n) is 4.19. The topological polar surface area (TPSA) is 87.3 Å². The summed E-state index contributed by atoms with van der Waals surface area (Å²) in [5, 5.41) is 3.35. The van der Waals surface area contributed by atoms with Crippen molar-refractivity contribution in [3.8, 4) is 5.75 Å². The Morgan fingerprint density at radius 2 is 1.56 bits per heavy atom. The Labute approximate surface area is 142 Å². The minimum Gasteiger partial charge on any atom is -0.497 e. The number of rotatable bonds is 3. The number of pyridine rings is 1. The van der Waals surface area contributed by atoms with Crippen molar-refractivity contribution in [2.45, 2.75) is 0 Å². The highest BCUT2D eigenvalue weighted by molar-refractivity contribution is 5.90. The summed E-state index contributed by atoms with van der Waals surface area (Å²) in [7, 11) is 6.04. The largest absolute Gasteiger partial charge is 0.497 e. The van der Waals surface area contributed by atoms with Crippen LogP contribution in [0.25, 0.3) is 11.0 Å². The van der Waals surface area contributed by atoms with Crippen LogP contribution in [0.5, 0.6) is 5.75 Å². The SMILES string of the molecule is COc1ccc(Nc2cc(=O)n(C)c3c2c(=O)n(C)c(=O)n3C)cc1. The molecule has 0 saturated carbocycles. The molecule has 2 heterocycles. The predicted molar refractivity (Wildman–Crippen MR) is 95.9 cm³/mol. The average molecular weight is 342 g/mol. The number of benzene rings is 1. The summed E-state index contributed by atoms with van der Waals surface area (Å²) in [4.78, 5) is 37.1. The molecule has 0 radical (unpaired) electrons. The molecule has 130 valence electrons. The van der Waals surface area contributed by atoms with E-state index in [-0.39, 0.29) is 16.6 Å². The number of methoxy groups -OCH3 is 1. The molecule has 0 unspecified atom stereocenters. The second-order valence-corrected chi connectivity index (χ2v) is 5.71. The van der Waals surface area contributed by atoms with E-state index in [9.17, 15) is 14.4 Å². The van der Waals surface area contributed by atoms with Crippen molar-refractivity contribution in [2.24, 2.45) is 21.1 Å². The number of nitrogens with zero attached hydrogens (tertiary/aromatic N) is 3. The van der Waals surface area contributed by atoms with Gasteiger partial charge in [-0.1, -0.05) is 0 Å². The van der Waals surface area contributed by atoms with Crippen molar-refractivity contribution in [3.63, 3.8) is 0 Å². The van der Waals surface area contributed by atoms with Crippen LogP contribution in [-0.4, -0.2) is 20.8 Å². The summed E-state index contributed by atoms with van der Waals surface area (Å²) < 4.78 is 8.71. The van der Waals surface area contributed by atoms with E-state index >= 15 is 0 Å². The van der Waals surface area contributed by atoms with Crippen LogP contribution in [0.15, 0.2) is 44.7 Å². The second kappa shape index (κ2) is 5.97. The number of hydrogen-bond acceptors (Lipinski definition) is 5. The van der Waals surface area contributed by atoms with E-state index in [1.165, 1.54) is 36.3 Å². The Bertz CT molecular complexity index is 1140. The molecule has 8 nitrogen and oxygen atoms in total. The molecule has 0 atom stereocenters. The van der Waals surface area contributed by atoms with E-state index < -0.39 is 11.2 Å². The van der Waals surface area contributed by atoms with Crippen LogP contribution in [0.3, 0.4) is 0 Å². The van der Waals surface area contributed by atoms with Gasteiger partial charge in [-0.05, 0) is 24.3 Å². The van der Waals surface area contributed by atoms with Crippen LogP contribution in [-0.2, 0) is 21.1 Å². The van der Waals surface area contributed by atoms with Crippen LogP contribution in [0.1, 0.15) is 0 Å². The van der Waals surface area contributed by atoms with Gasteiger partial charge in [-0.25, -0.2) is 4.79 Å². The molecule has 0 aliphatic carbocycles. The van der Waals surface area contributed by atoms with E-state index in [1.807, 2.05) is 0 Å². The summed E-state index contributed by atoms with van der Waals surface area (Å²) in [6.45, 7) is 0. The molecule has 0 spiro atoms. The summed E-state index contributed by atoms with van der Waals surface area (Å²) in [6, 6.07) is 8.42. The fourth-order valence-electron chi connectivity index (χ4n) is 2.79. The molecule has 0 bridgehead atoms. The van der Waals surface area contributed by atoms with Crippen LogP contribution >= 0.6 is 0 Å². The fraction of sp³-hybridized carbons (Fsp3) is 0.235. The van der Waals surface area contributed by atoms with E-state index in [0.29, 0.717) is 17.1 Å². The predicted octanol–water partition coefficient (Wildman–Crippen LogP) is 0.688. The van der Waals surface area contributed by atoms with Crippen molar-refractivity contribution in [3.05, 3.63) is 61.5 Å². The van der Waals surface area contributed by atoms with Crippen LogP contribution in [0, 0.1) is 0 Å². The molecule has 25 heavy (non-hydrogen) atoms. The maximum absolute atomic E-state index is 12.7. The molecular formula is C17H18N4O4. The summed E-state index contributed by atoms with van der Waals surface area (Å²) in [6.07, 6.45) is 0. The standard InChI is InChI=1S/C17H18N4O4/c1-19-13(22)9-12(18-10-5-7-11(25-4)8-6-10)14-15(19)20(2)17(24)21(3)16(14)23/h5-9,18H,1-4H3. The molecular weight excluding hydrogens is 324 g/mol. The second-order valence-electron chi connectivity index (χ2n) is 5.71. The maximum atomic E-state index is 12.7. The molecule has 2 aromatic heterocycles. The lowest BCUT2D eigenvalue weighted by Gasteiger charge is -2.15. The maximum Gasteiger partial charge on any atom is 0.332 e. The lowest BCUT2D eigenvalue weighted by Crippen LogP contribution is -2.39. The minimum atomic E-state index is -0.492. The Balaban J connectivity index is 2.31. The van der Waals surface area contributed by atoms with Gasteiger partial charge in [0.25, 0.3) is 11.1 Å². The molecule has 1 aromatic carbocycles. The zero-order valence-corrected chi connectivity index (χ0v) is 14.4. The monoisotopic (exact) mass is 342 g/mol. The first-order chi connectivity index (χ1) is 11.8. The molecule has 3 aromatic rings. The highest BCUT2D eigenvalue weighted by Gasteiger charge is 2.16. The molecule has 0 amide bonds. The van der Waals surface area contributed by atoms with Gasteiger partial charge >= 0.3 is 5.69 Å². The van der Waals surface area contributed by atoms with Gasteiger partial charge in [0.1, 0.15) is 16.8 Å². The van der Waals surface area contributed by atoms with Crippen LogP contribution in [0.4, 0.5) is 11.4 Å². The molecule has 0 fully saturated rings. The highest BCUT2D eigenvalue weighted by atomic mass is 16.5. The van der Waals surface area contributed by atoms with Gasteiger partial charge in [-0.2, -0.15) is 0 Å². The third kappa shape index (κ3) is 2.61. The van der Waals surface area contributed by atoms with E-state index in [1.54, 1.807) is 31.4 Å². The minimum absolute atomic E-state index is 0.261. The van der Waals surface area contributed by atoms with E-state index in [2.05, 4.69) is 5.32 Å². The third-order valence-corrected chi connectivity index (χ3v) is 4.19. The summed E-state index contributed by atoms with van der Waals surface area (Å²) in [5.41, 5.74) is 0.00733. The van der Waals surface area contributed by atoms with Gasteiger partial charge in [0.05, 0.1) is 12.8 Å². The van der Waals surface area contributed by atoms with E-state index in [4.69, 9.17) is 4.74 Å². The number of ether oxygens (including phenoxy) is 1. The number of aromatic nitrogens is 3. The Kier molecular flexibility index (Phi) is 3.96. The lowest BCUT2D eigenvalue weighted by atomic mass is 10.2. The number of anilines is 2. The van der Waals surface area contributed by atoms with Crippen molar-refractivity contribution in [1.29, 1.82) is 0 Å². The number of fused-ring (bicyclic) bond motifs is 1. The Morgan fingerprint density at radius 3 is 2.16 bits per heavy atom. The molecule has 0 aliphatic rings. The zero-order chi connectivity index (χ0) is 18.3. The molecule has 0 saturated heterocycles. The first-order valence-electron chi connectivity index (χ1n) is 7.56. The molecule has 3 rings (SSSR count).